The number of hydrogen-bond donors (Lipinski definition) is 0. The zero-order chi connectivity index (χ0) is 11.3. The van der Waals surface area contributed by atoms with Crippen molar-refractivity contribution in [3.8, 4) is 11.6 Å². The van der Waals surface area contributed by atoms with Gasteiger partial charge in [-0.25, -0.2) is 4.98 Å². The second-order valence-electron chi connectivity index (χ2n) is 2.57. The molecule has 0 spiro atoms. The van der Waals surface area contributed by atoms with Crippen molar-refractivity contribution in [2.75, 3.05) is 14.2 Å². The molecule has 0 atom stereocenters. The van der Waals surface area contributed by atoms with E-state index >= 15 is 0 Å². The number of aromatic nitrogens is 1. The summed E-state index contributed by atoms with van der Waals surface area (Å²) in [5.41, 5.74) is 0.543. The zero-order valence-electron chi connectivity index (χ0n) is 8.34. The van der Waals surface area contributed by atoms with Gasteiger partial charge in [0.2, 0.25) is 12.1 Å². The van der Waals surface area contributed by atoms with Crippen LogP contribution in [0.25, 0.3) is 6.08 Å². The summed E-state index contributed by atoms with van der Waals surface area (Å²) in [6.07, 6.45) is 3.60. The fraction of sp³-hybridized carbons (Fsp3) is 0.222. The summed E-state index contributed by atoms with van der Waals surface area (Å²) < 4.78 is 9.88. The van der Waals surface area contributed by atoms with Crippen molar-refractivity contribution in [3.63, 3.8) is 0 Å². The highest BCUT2D eigenvalue weighted by atomic mass is 16.6. The first-order valence-electron chi connectivity index (χ1n) is 4.07. The van der Waals surface area contributed by atoms with Crippen molar-refractivity contribution in [2.45, 2.75) is 0 Å². The molecule has 1 aromatic heterocycles. The molecule has 0 bridgehead atoms. The molecule has 0 N–H and O–H groups in total. The molecule has 0 aromatic carbocycles. The average molecular weight is 210 g/mol. The van der Waals surface area contributed by atoms with Crippen LogP contribution in [0.2, 0.25) is 0 Å². The Morgan fingerprint density at radius 3 is 2.73 bits per heavy atom. The SMILES string of the molecule is COc1cc(/C=C/[N+](=O)[O-])c(OC)cn1. The first-order valence-corrected chi connectivity index (χ1v) is 4.07. The minimum atomic E-state index is -0.549. The van der Waals surface area contributed by atoms with E-state index in [2.05, 4.69) is 4.98 Å². The lowest BCUT2D eigenvalue weighted by molar-refractivity contribution is -0.400. The van der Waals surface area contributed by atoms with Gasteiger partial charge < -0.3 is 9.47 Å². The molecule has 0 aliphatic carbocycles. The minimum absolute atomic E-state index is 0.374. The van der Waals surface area contributed by atoms with Crippen LogP contribution in [0.5, 0.6) is 11.6 Å². The van der Waals surface area contributed by atoms with Crippen molar-refractivity contribution in [3.05, 3.63) is 34.1 Å². The van der Waals surface area contributed by atoms with Crippen LogP contribution < -0.4 is 9.47 Å². The van der Waals surface area contributed by atoms with Crippen LogP contribution in [0.15, 0.2) is 18.5 Å². The highest BCUT2D eigenvalue weighted by Crippen LogP contribution is 2.22. The minimum Gasteiger partial charge on any atom is -0.495 e. The molecule has 0 unspecified atom stereocenters. The summed E-state index contributed by atoms with van der Waals surface area (Å²) in [5.74, 6) is 0.827. The van der Waals surface area contributed by atoms with Crippen molar-refractivity contribution in [1.29, 1.82) is 0 Å². The molecule has 6 heteroatoms. The van der Waals surface area contributed by atoms with E-state index in [-0.39, 0.29) is 0 Å². The summed E-state index contributed by atoms with van der Waals surface area (Å²) in [6, 6.07) is 1.55. The topological polar surface area (TPSA) is 74.5 Å². The summed E-state index contributed by atoms with van der Waals surface area (Å²) in [4.78, 5) is 13.5. The summed E-state index contributed by atoms with van der Waals surface area (Å²) in [5, 5.41) is 10.2. The normalized spacial score (nSPS) is 10.3. The zero-order valence-corrected chi connectivity index (χ0v) is 8.34. The van der Waals surface area contributed by atoms with E-state index in [0.717, 1.165) is 6.20 Å². The molecule has 1 heterocycles. The maximum atomic E-state index is 10.2. The van der Waals surface area contributed by atoms with E-state index in [1.54, 1.807) is 6.07 Å². The van der Waals surface area contributed by atoms with E-state index in [0.29, 0.717) is 17.2 Å². The number of ether oxygens (including phenoxy) is 2. The van der Waals surface area contributed by atoms with Crippen LogP contribution in [-0.2, 0) is 0 Å². The third kappa shape index (κ3) is 2.94. The molecular formula is C9H10N2O4. The van der Waals surface area contributed by atoms with Crippen molar-refractivity contribution in [1.82, 2.24) is 4.98 Å². The van der Waals surface area contributed by atoms with Crippen molar-refractivity contribution in [2.24, 2.45) is 0 Å². The maximum absolute atomic E-state index is 10.2. The van der Waals surface area contributed by atoms with Gasteiger partial charge >= 0.3 is 0 Å². The highest BCUT2D eigenvalue weighted by Gasteiger charge is 2.04. The van der Waals surface area contributed by atoms with Gasteiger partial charge in [0.25, 0.3) is 0 Å². The van der Waals surface area contributed by atoms with Gasteiger partial charge in [-0.05, 0) is 0 Å². The molecule has 0 saturated carbocycles. The molecular weight excluding hydrogens is 200 g/mol. The number of methoxy groups -OCH3 is 2. The Labute approximate surface area is 86.3 Å². The van der Waals surface area contributed by atoms with Gasteiger partial charge in [-0.3, -0.25) is 10.1 Å². The van der Waals surface area contributed by atoms with Gasteiger partial charge in [0.1, 0.15) is 5.75 Å². The molecule has 1 aromatic rings. The Balaban J connectivity index is 3.06. The number of nitro groups is 1. The van der Waals surface area contributed by atoms with Gasteiger partial charge in [0.15, 0.2) is 0 Å². The van der Waals surface area contributed by atoms with E-state index < -0.39 is 4.92 Å². The number of nitrogens with zero attached hydrogens (tertiary/aromatic N) is 2. The van der Waals surface area contributed by atoms with Gasteiger partial charge in [-0.15, -0.1) is 0 Å². The monoisotopic (exact) mass is 210 g/mol. The predicted octanol–water partition coefficient (Wildman–Crippen LogP) is 1.35. The third-order valence-corrected chi connectivity index (χ3v) is 1.68. The van der Waals surface area contributed by atoms with Crippen LogP contribution in [-0.4, -0.2) is 24.1 Å². The Bertz CT molecular complexity index is 390. The first kappa shape index (κ1) is 11.0. The third-order valence-electron chi connectivity index (χ3n) is 1.68. The Kier molecular flexibility index (Phi) is 3.61. The van der Waals surface area contributed by atoms with Crippen LogP contribution in [0.4, 0.5) is 0 Å². The Morgan fingerprint density at radius 2 is 2.20 bits per heavy atom. The Hall–Kier alpha value is -2.11. The molecule has 0 aliphatic heterocycles. The van der Waals surface area contributed by atoms with Crippen LogP contribution in [0, 0.1) is 10.1 Å². The van der Waals surface area contributed by atoms with E-state index in [1.165, 1.54) is 26.5 Å². The maximum Gasteiger partial charge on any atom is 0.235 e. The largest absolute Gasteiger partial charge is 0.495 e. The van der Waals surface area contributed by atoms with E-state index in [9.17, 15) is 10.1 Å². The lowest BCUT2D eigenvalue weighted by Gasteiger charge is -2.04. The Morgan fingerprint density at radius 1 is 1.47 bits per heavy atom. The number of pyridine rings is 1. The second-order valence-corrected chi connectivity index (χ2v) is 2.57. The van der Waals surface area contributed by atoms with Crippen LogP contribution in [0.3, 0.4) is 0 Å². The van der Waals surface area contributed by atoms with E-state index in [4.69, 9.17) is 9.47 Å². The lowest BCUT2D eigenvalue weighted by Crippen LogP contribution is -1.93. The summed E-state index contributed by atoms with van der Waals surface area (Å²) >= 11 is 0. The molecule has 0 saturated heterocycles. The van der Waals surface area contributed by atoms with Crippen LogP contribution in [0.1, 0.15) is 5.56 Å². The average Bonchev–Trinajstić information content (AvgIpc) is 2.25. The van der Waals surface area contributed by atoms with Crippen molar-refractivity contribution >= 4 is 6.08 Å². The van der Waals surface area contributed by atoms with Gasteiger partial charge in [0.05, 0.1) is 25.3 Å². The smallest absolute Gasteiger partial charge is 0.235 e. The van der Waals surface area contributed by atoms with E-state index in [1.807, 2.05) is 0 Å². The lowest BCUT2D eigenvalue weighted by atomic mass is 10.2. The molecule has 0 radical (unpaired) electrons. The fourth-order valence-corrected chi connectivity index (χ4v) is 0.992. The molecule has 0 amide bonds. The van der Waals surface area contributed by atoms with Gasteiger partial charge in [-0.2, -0.15) is 0 Å². The second kappa shape index (κ2) is 4.94. The molecule has 80 valence electrons. The quantitative estimate of drug-likeness (QED) is 0.553. The van der Waals surface area contributed by atoms with Crippen molar-refractivity contribution < 1.29 is 14.4 Å². The van der Waals surface area contributed by atoms with Gasteiger partial charge in [-0.1, -0.05) is 0 Å². The first-order chi connectivity index (χ1) is 7.17. The number of rotatable bonds is 4. The summed E-state index contributed by atoms with van der Waals surface area (Å²) in [6.45, 7) is 0. The fourth-order valence-electron chi connectivity index (χ4n) is 0.992. The predicted molar refractivity (Wildman–Crippen MR) is 53.4 cm³/mol. The standard InChI is InChI=1S/C9H10N2O4/c1-14-8-6-10-9(15-2)5-7(8)3-4-11(12)13/h3-6H,1-2H3/b4-3+. The molecule has 0 aliphatic rings. The summed E-state index contributed by atoms with van der Waals surface area (Å²) in [7, 11) is 2.93. The molecule has 1 rings (SSSR count). The number of hydrogen-bond acceptors (Lipinski definition) is 5. The highest BCUT2D eigenvalue weighted by molar-refractivity contribution is 5.56. The molecule has 6 nitrogen and oxygen atoms in total. The molecule has 0 fully saturated rings. The molecule has 15 heavy (non-hydrogen) atoms. The van der Waals surface area contributed by atoms with Gasteiger partial charge in [0, 0.05) is 17.7 Å². The van der Waals surface area contributed by atoms with Crippen LogP contribution >= 0.6 is 0 Å².